The molecule has 2 heterocycles. The molecule has 1 saturated heterocycles. The Bertz CT molecular complexity index is 505. The first-order valence-corrected chi connectivity index (χ1v) is 6.27. The molecule has 1 amide bonds. The smallest absolute Gasteiger partial charge is 0.339 e. The highest BCUT2D eigenvalue weighted by molar-refractivity contribution is 5.90. The summed E-state index contributed by atoms with van der Waals surface area (Å²) in [6, 6.07) is 1.33. The number of morpholine rings is 1. The zero-order valence-electron chi connectivity index (χ0n) is 11.1. The molecule has 1 aromatic heterocycles. The van der Waals surface area contributed by atoms with E-state index < -0.39 is 5.97 Å². The molecule has 0 aromatic carbocycles. The molecule has 7 nitrogen and oxygen atoms in total. The van der Waals surface area contributed by atoms with Gasteiger partial charge in [0.05, 0.1) is 18.9 Å². The van der Waals surface area contributed by atoms with Gasteiger partial charge in [0.2, 0.25) is 0 Å². The van der Waals surface area contributed by atoms with E-state index in [1.807, 2.05) is 6.92 Å². The van der Waals surface area contributed by atoms with Crippen LogP contribution >= 0.6 is 0 Å². The summed E-state index contributed by atoms with van der Waals surface area (Å²) in [5.74, 6) is -1.22. The lowest BCUT2D eigenvalue weighted by molar-refractivity contribution is -0.140. The van der Waals surface area contributed by atoms with Crippen molar-refractivity contribution in [1.82, 2.24) is 9.88 Å². The van der Waals surface area contributed by atoms with Crippen LogP contribution in [0, 0.1) is 0 Å². The zero-order chi connectivity index (χ0) is 14.5. The van der Waals surface area contributed by atoms with E-state index in [-0.39, 0.29) is 29.9 Å². The Morgan fingerprint density at radius 2 is 2.40 bits per heavy atom. The van der Waals surface area contributed by atoms with Gasteiger partial charge in [-0.1, -0.05) is 0 Å². The monoisotopic (exact) mass is 280 g/mol. The maximum atomic E-state index is 12.0. The Hall–Kier alpha value is -2.15. The van der Waals surface area contributed by atoms with Crippen molar-refractivity contribution in [3.8, 4) is 5.75 Å². The first kappa shape index (κ1) is 14.3. The van der Waals surface area contributed by atoms with E-state index in [4.69, 9.17) is 14.6 Å². The third-order valence-electron chi connectivity index (χ3n) is 2.96. The van der Waals surface area contributed by atoms with Crippen molar-refractivity contribution in [2.24, 2.45) is 0 Å². The molecule has 20 heavy (non-hydrogen) atoms. The van der Waals surface area contributed by atoms with Gasteiger partial charge in [-0.15, -0.1) is 0 Å². The third-order valence-corrected chi connectivity index (χ3v) is 2.96. The van der Waals surface area contributed by atoms with Crippen molar-refractivity contribution in [1.29, 1.82) is 0 Å². The van der Waals surface area contributed by atoms with Gasteiger partial charge in [0.25, 0.3) is 5.91 Å². The van der Waals surface area contributed by atoms with Crippen LogP contribution in [0.2, 0.25) is 0 Å². The summed E-state index contributed by atoms with van der Waals surface area (Å²) < 4.78 is 10.6. The first-order valence-electron chi connectivity index (χ1n) is 6.27. The molecule has 1 aromatic rings. The SMILES string of the molecule is CC1CN(C(=O)COc2cnccc2C(=O)O)CCO1. The first-order chi connectivity index (χ1) is 9.58. The van der Waals surface area contributed by atoms with Gasteiger partial charge in [-0.3, -0.25) is 9.78 Å². The minimum Gasteiger partial charge on any atom is -0.481 e. The fourth-order valence-corrected chi connectivity index (χ4v) is 1.95. The summed E-state index contributed by atoms with van der Waals surface area (Å²) in [4.78, 5) is 28.4. The highest BCUT2D eigenvalue weighted by Crippen LogP contribution is 2.16. The number of ether oxygens (including phenoxy) is 2. The summed E-state index contributed by atoms with van der Waals surface area (Å²) >= 11 is 0. The molecular weight excluding hydrogens is 264 g/mol. The number of hydrogen-bond acceptors (Lipinski definition) is 5. The molecule has 0 aliphatic carbocycles. The summed E-state index contributed by atoms with van der Waals surface area (Å²) in [5, 5.41) is 8.99. The van der Waals surface area contributed by atoms with Crippen LogP contribution in [0.4, 0.5) is 0 Å². The lowest BCUT2D eigenvalue weighted by Crippen LogP contribution is -2.46. The number of hydrogen-bond donors (Lipinski definition) is 1. The van der Waals surface area contributed by atoms with Crippen LogP contribution in [0.3, 0.4) is 0 Å². The van der Waals surface area contributed by atoms with Gasteiger partial charge >= 0.3 is 5.97 Å². The van der Waals surface area contributed by atoms with Gasteiger partial charge in [0, 0.05) is 19.3 Å². The molecule has 7 heteroatoms. The standard InChI is InChI=1S/C13H16N2O5/c1-9-7-15(4-5-19-9)12(16)8-20-11-6-14-3-2-10(11)13(17)18/h2-3,6,9H,4-5,7-8H2,1H3,(H,17,18). The lowest BCUT2D eigenvalue weighted by Gasteiger charge is -2.31. The second-order valence-corrected chi connectivity index (χ2v) is 4.49. The number of amides is 1. The van der Waals surface area contributed by atoms with E-state index in [9.17, 15) is 9.59 Å². The molecule has 1 unspecified atom stereocenters. The van der Waals surface area contributed by atoms with Crippen LogP contribution in [0.25, 0.3) is 0 Å². The number of pyridine rings is 1. The molecule has 0 bridgehead atoms. The number of aromatic carboxylic acids is 1. The summed E-state index contributed by atoms with van der Waals surface area (Å²) in [7, 11) is 0. The second-order valence-electron chi connectivity index (χ2n) is 4.49. The Labute approximate surface area is 116 Å². The van der Waals surface area contributed by atoms with Crippen molar-refractivity contribution in [3.05, 3.63) is 24.0 Å². The molecule has 1 aliphatic heterocycles. The van der Waals surface area contributed by atoms with Crippen LogP contribution in [0.15, 0.2) is 18.5 Å². The Balaban J connectivity index is 1.95. The average Bonchev–Trinajstić information content (AvgIpc) is 2.45. The van der Waals surface area contributed by atoms with E-state index in [0.717, 1.165) is 0 Å². The molecule has 2 rings (SSSR count). The van der Waals surface area contributed by atoms with Gasteiger partial charge in [-0.05, 0) is 13.0 Å². The van der Waals surface area contributed by atoms with Gasteiger partial charge < -0.3 is 19.5 Å². The third kappa shape index (κ3) is 3.45. The van der Waals surface area contributed by atoms with E-state index in [0.29, 0.717) is 19.7 Å². The van der Waals surface area contributed by atoms with Gasteiger partial charge in [-0.2, -0.15) is 0 Å². The predicted molar refractivity (Wildman–Crippen MR) is 68.7 cm³/mol. The molecule has 1 fully saturated rings. The fraction of sp³-hybridized carbons (Fsp3) is 0.462. The second kappa shape index (κ2) is 6.33. The Kier molecular flexibility index (Phi) is 4.52. The Morgan fingerprint density at radius 3 is 3.10 bits per heavy atom. The molecular formula is C13H16N2O5. The maximum absolute atomic E-state index is 12.0. The summed E-state index contributed by atoms with van der Waals surface area (Å²) in [5.41, 5.74) is -0.0110. The van der Waals surface area contributed by atoms with Crippen molar-refractivity contribution < 1.29 is 24.2 Å². The van der Waals surface area contributed by atoms with Crippen LogP contribution < -0.4 is 4.74 Å². The largest absolute Gasteiger partial charge is 0.481 e. The van der Waals surface area contributed by atoms with E-state index in [1.165, 1.54) is 18.5 Å². The lowest BCUT2D eigenvalue weighted by atomic mass is 10.2. The predicted octanol–water partition coefficient (Wildman–Crippen LogP) is 0.406. The molecule has 0 radical (unpaired) electrons. The molecule has 1 atom stereocenters. The summed E-state index contributed by atoms with van der Waals surface area (Å²) in [6.45, 7) is 3.22. The molecule has 108 valence electrons. The Morgan fingerprint density at radius 1 is 1.60 bits per heavy atom. The number of carbonyl (C=O) groups excluding carboxylic acids is 1. The average molecular weight is 280 g/mol. The van der Waals surface area contributed by atoms with Gasteiger partial charge in [-0.25, -0.2) is 4.79 Å². The van der Waals surface area contributed by atoms with E-state index in [2.05, 4.69) is 4.98 Å². The van der Waals surface area contributed by atoms with Crippen LogP contribution in [0.1, 0.15) is 17.3 Å². The number of carboxylic acid groups (broad SMARTS) is 1. The van der Waals surface area contributed by atoms with Crippen LogP contribution in [0.5, 0.6) is 5.75 Å². The van der Waals surface area contributed by atoms with Crippen molar-refractivity contribution >= 4 is 11.9 Å². The number of carbonyl (C=O) groups is 2. The van der Waals surface area contributed by atoms with Crippen molar-refractivity contribution in [2.45, 2.75) is 13.0 Å². The van der Waals surface area contributed by atoms with Crippen LogP contribution in [-0.4, -0.2) is 59.3 Å². The molecule has 0 spiro atoms. The summed E-state index contributed by atoms with van der Waals surface area (Å²) in [6.07, 6.45) is 2.65. The normalized spacial score (nSPS) is 18.6. The van der Waals surface area contributed by atoms with E-state index in [1.54, 1.807) is 4.90 Å². The van der Waals surface area contributed by atoms with E-state index >= 15 is 0 Å². The van der Waals surface area contributed by atoms with Gasteiger partial charge in [0.15, 0.2) is 12.4 Å². The molecule has 1 N–H and O–H groups in total. The van der Waals surface area contributed by atoms with Crippen LogP contribution in [-0.2, 0) is 9.53 Å². The number of nitrogens with zero attached hydrogens (tertiary/aromatic N) is 2. The molecule has 0 saturated carbocycles. The van der Waals surface area contributed by atoms with Crippen molar-refractivity contribution in [3.63, 3.8) is 0 Å². The maximum Gasteiger partial charge on any atom is 0.339 e. The highest BCUT2D eigenvalue weighted by atomic mass is 16.5. The molecule has 1 aliphatic rings. The number of aromatic nitrogens is 1. The topological polar surface area (TPSA) is 89.0 Å². The minimum absolute atomic E-state index is 0.000623. The highest BCUT2D eigenvalue weighted by Gasteiger charge is 2.22. The number of rotatable bonds is 4. The number of carboxylic acids is 1. The minimum atomic E-state index is -1.12. The quantitative estimate of drug-likeness (QED) is 0.859. The zero-order valence-corrected chi connectivity index (χ0v) is 11.1. The van der Waals surface area contributed by atoms with Gasteiger partial charge in [0.1, 0.15) is 5.56 Å². The van der Waals surface area contributed by atoms with Crippen molar-refractivity contribution in [2.75, 3.05) is 26.3 Å². The fourth-order valence-electron chi connectivity index (χ4n) is 1.95.